The first kappa shape index (κ1) is 21.3. The molecular formula is C26H24N4O5. The van der Waals surface area contributed by atoms with Gasteiger partial charge in [-0.3, -0.25) is 14.4 Å². The molecular weight excluding hydrogens is 448 g/mol. The topological polar surface area (TPSA) is 98.8 Å². The lowest BCUT2D eigenvalue weighted by atomic mass is 10.0. The average molecular weight is 473 g/mol. The number of nitrogens with zero attached hydrogens (tertiary/aromatic N) is 4. The fourth-order valence-electron chi connectivity index (χ4n) is 5.42. The number of carboxylic acid groups (broad SMARTS) is 1. The molecule has 0 bridgehead atoms. The van der Waals surface area contributed by atoms with Gasteiger partial charge in [0.25, 0.3) is 5.91 Å². The number of ether oxygens (including phenoxy) is 2. The summed E-state index contributed by atoms with van der Waals surface area (Å²) in [6, 6.07) is 10.6. The summed E-state index contributed by atoms with van der Waals surface area (Å²) in [6.07, 6.45) is 0. The van der Waals surface area contributed by atoms with E-state index in [1.54, 1.807) is 6.07 Å². The molecule has 0 saturated carbocycles. The number of para-hydroxylation sites is 1. The largest absolute Gasteiger partial charge is 0.478 e. The zero-order chi connectivity index (χ0) is 24.6. The maximum absolute atomic E-state index is 14.0. The molecule has 2 aromatic carbocycles. The van der Waals surface area contributed by atoms with E-state index in [4.69, 9.17) is 9.47 Å². The second-order valence-electron chi connectivity index (χ2n) is 9.08. The van der Waals surface area contributed by atoms with Gasteiger partial charge in [-0.05, 0) is 39.0 Å². The summed E-state index contributed by atoms with van der Waals surface area (Å²) in [7, 11) is 1.92. The van der Waals surface area contributed by atoms with Crippen LogP contribution < -0.4 is 14.4 Å². The van der Waals surface area contributed by atoms with E-state index in [1.807, 2.05) is 55.3 Å². The normalized spacial score (nSPS) is 16.7. The van der Waals surface area contributed by atoms with Crippen molar-refractivity contribution in [3.63, 3.8) is 0 Å². The summed E-state index contributed by atoms with van der Waals surface area (Å²) in [5.41, 5.74) is 5.76. The Morgan fingerprint density at radius 2 is 1.97 bits per heavy atom. The van der Waals surface area contributed by atoms with E-state index in [1.165, 1.54) is 11.0 Å². The zero-order valence-corrected chi connectivity index (χ0v) is 19.8. The number of carboxylic acids is 1. The predicted octanol–water partition coefficient (Wildman–Crippen LogP) is 4.13. The van der Waals surface area contributed by atoms with Crippen molar-refractivity contribution in [2.24, 2.45) is 7.05 Å². The third-order valence-corrected chi connectivity index (χ3v) is 7.01. The lowest BCUT2D eigenvalue weighted by Crippen LogP contribution is -2.47. The van der Waals surface area contributed by atoms with Gasteiger partial charge in [0.2, 0.25) is 6.79 Å². The van der Waals surface area contributed by atoms with Gasteiger partial charge in [-0.15, -0.1) is 0 Å². The Hall–Kier alpha value is -4.27. The smallest absolute Gasteiger partial charge is 0.337 e. The molecule has 0 fully saturated rings. The summed E-state index contributed by atoms with van der Waals surface area (Å²) < 4.78 is 15.0. The number of hydrogen-bond acceptors (Lipinski definition) is 5. The molecule has 2 aromatic heterocycles. The molecule has 4 aromatic rings. The predicted molar refractivity (Wildman–Crippen MR) is 129 cm³/mol. The zero-order valence-electron chi connectivity index (χ0n) is 19.8. The summed E-state index contributed by atoms with van der Waals surface area (Å²) in [4.78, 5) is 27.6. The first-order chi connectivity index (χ1) is 16.8. The second kappa shape index (κ2) is 7.36. The second-order valence-corrected chi connectivity index (χ2v) is 9.08. The van der Waals surface area contributed by atoms with Gasteiger partial charge in [0.15, 0.2) is 11.5 Å². The van der Waals surface area contributed by atoms with E-state index >= 15 is 0 Å². The highest BCUT2D eigenvalue weighted by molar-refractivity contribution is 6.14. The van der Waals surface area contributed by atoms with Gasteiger partial charge in [0.05, 0.1) is 22.8 Å². The SMILES string of the molecule is Cc1nn(C)c(C)c1-c1cccc2cc3n(c12)CC(C)N(c1c(C(=O)O)ccc2c1OCO2)C3=O. The van der Waals surface area contributed by atoms with Gasteiger partial charge < -0.3 is 19.1 Å². The van der Waals surface area contributed by atoms with Gasteiger partial charge in [0.1, 0.15) is 11.4 Å². The molecule has 178 valence electrons. The van der Waals surface area contributed by atoms with Crippen molar-refractivity contribution >= 4 is 28.5 Å². The van der Waals surface area contributed by atoms with E-state index in [2.05, 4.69) is 11.2 Å². The van der Waals surface area contributed by atoms with Crippen LogP contribution in [0.15, 0.2) is 36.4 Å². The fourth-order valence-corrected chi connectivity index (χ4v) is 5.42. The number of benzene rings is 2. The number of aromatic carboxylic acids is 1. The quantitative estimate of drug-likeness (QED) is 0.481. The molecule has 1 unspecified atom stereocenters. The highest BCUT2D eigenvalue weighted by Gasteiger charge is 2.39. The Morgan fingerprint density at radius 1 is 1.17 bits per heavy atom. The molecule has 0 spiro atoms. The number of amides is 1. The molecule has 9 heteroatoms. The minimum Gasteiger partial charge on any atom is -0.478 e. The molecule has 1 amide bonds. The number of anilines is 1. The van der Waals surface area contributed by atoms with Crippen LogP contribution in [0.25, 0.3) is 22.0 Å². The molecule has 0 radical (unpaired) electrons. The molecule has 4 heterocycles. The monoisotopic (exact) mass is 472 g/mol. The van der Waals surface area contributed by atoms with Crippen LogP contribution >= 0.6 is 0 Å². The van der Waals surface area contributed by atoms with Crippen molar-refractivity contribution in [1.82, 2.24) is 14.3 Å². The van der Waals surface area contributed by atoms with Crippen LogP contribution in [-0.4, -0.2) is 44.2 Å². The first-order valence-corrected chi connectivity index (χ1v) is 11.4. The summed E-state index contributed by atoms with van der Waals surface area (Å²) in [5.74, 6) is -0.691. The van der Waals surface area contributed by atoms with Crippen LogP contribution in [-0.2, 0) is 13.6 Å². The molecule has 2 aliphatic heterocycles. The minimum atomic E-state index is -1.13. The Morgan fingerprint density at radius 3 is 2.69 bits per heavy atom. The lowest BCUT2D eigenvalue weighted by molar-refractivity contribution is 0.0697. The van der Waals surface area contributed by atoms with Crippen LogP contribution in [0, 0.1) is 13.8 Å². The van der Waals surface area contributed by atoms with Crippen LogP contribution in [0.2, 0.25) is 0 Å². The number of carbonyl (C=O) groups excluding carboxylic acids is 1. The summed E-state index contributed by atoms with van der Waals surface area (Å²) in [6.45, 7) is 6.41. The molecule has 1 atom stereocenters. The van der Waals surface area contributed by atoms with Gasteiger partial charge in [0, 0.05) is 35.8 Å². The van der Waals surface area contributed by atoms with Crippen LogP contribution in [0.1, 0.15) is 39.2 Å². The summed E-state index contributed by atoms with van der Waals surface area (Å²) in [5, 5.41) is 15.4. The van der Waals surface area contributed by atoms with Crippen molar-refractivity contribution < 1.29 is 24.2 Å². The molecule has 2 aliphatic rings. The number of hydrogen-bond donors (Lipinski definition) is 1. The van der Waals surface area contributed by atoms with Crippen molar-refractivity contribution in [1.29, 1.82) is 0 Å². The molecule has 35 heavy (non-hydrogen) atoms. The number of fused-ring (bicyclic) bond motifs is 4. The highest BCUT2D eigenvalue weighted by atomic mass is 16.7. The third-order valence-electron chi connectivity index (χ3n) is 7.01. The Kier molecular flexibility index (Phi) is 4.48. The van der Waals surface area contributed by atoms with E-state index in [9.17, 15) is 14.7 Å². The van der Waals surface area contributed by atoms with Gasteiger partial charge in [-0.25, -0.2) is 4.79 Å². The summed E-state index contributed by atoms with van der Waals surface area (Å²) >= 11 is 0. The van der Waals surface area contributed by atoms with Crippen LogP contribution in [0.5, 0.6) is 11.5 Å². The standard InChI is InChI=1S/C26H24N4O5/c1-13-11-29-19(10-16-6-5-7-17(22(16)29)21-14(2)27-28(4)15(21)3)25(31)30(13)23-18(26(32)33)8-9-20-24(23)35-12-34-20/h5-10,13H,11-12H2,1-4H3,(H,32,33). The van der Waals surface area contributed by atoms with Crippen molar-refractivity contribution in [2.75, 3.05) is 11.7 Å². The minimum absolute atomic E-state index is 0.00121. The van der Waals surface area contributed by atoms with Crippen LogP contribution in [0.3, 0.4) is 0 Å². The number of carbonyl (C=O) groups is 2. The Labute approximate surface area is 201 Å². The Balaban J connectivity index is 1.56. The molecule has 9 nitrogen and oxygen atoms in total. The number of rotatable bonds is 3. The van der Waals surface area contributed by atoms with E-state index in [-0.39, 0.29) is 35.7 Å². The maximum Gasteiger partial charge on any atom is 0.337 e. The lowest BCUT2D eigenvalue weighted by Gasteiger charge is -2.36. The third kappa shape index (κ3) is 2.90. The Bertz CT molecular complexity index is 1560. The van der Waals surface area contributed by atoms with E-state index in [0.717, 1.165) is 33.4 Å². The molecule has 0 saturated heterocycles. The number of aryl methyl sites for hydroxylation is 2. The fraction of sp³-hybridized carbons (Fsp3) is 0.269. The van der Waals surface area contributed by atoms with Crippen molar-refractivity contribution in [2.45, 2.75) is 33.4 Å². The molecule has 0 aliphatic carbocycles. The van der Waals surface area contributed by atoms with E-state index < -0.39 is 5.97 Å². The van der Waals surface area contributed by atoms with Crippen molar-refractivity contribution in [3.05, 3.63) is 59.0 Å². The molecule has 1 N–H and O–H groups in total. The maximum atomic E-state index is 14.0. The van der Waals surface area contributed by atoms with Crippen molar-refractivity contribution in [3.8, 4) is 22.6 Å². The van der Waals surface area contributed by atoms with Gasteiger partial charge >= 0.3 is 5.97 Å². The van der Waals surface area contributed by atoms with Gasteiger partial charge in [-0.2, -0.15) is 5.10 Å². The highest BCUT2D eigenvalue weighted by Crippen LogP contribution is 2.46. The number of aromatic nitrogens is 3. The van der Waals surface area contributed by atoms with E-state index in [0.29, 0.717) is 18.0 Å². The van der Waals surface area contributed by atoms with Crippen LogP contribution in [0.4, 0.5) is 5.69 Å². The molecule has 6 rings (SSSR count). The average Bonchev–Trinajstić information content (AvgIpc) is 3.50. The van der Waals surface area contributed by atoms with Gasteiger partial charge in [-0.1, -0.05) is 18.2 Å². The first-order valence-electron chi connectivity index (χ1n) is 11.4.